The lowest BCUT2D eigenvalue weighted by Crippen LogP contribution is -2.52. The predicted molar refractivity (Wildman–Crippen MR) is 95.5 cm³/mol. The second kappa shape index (κ2) is 5.94. The zero-order valence-electron chi connectivity index (χ0n) is 13.0. The van der Waals surface area contributed by atoms with Crippen molar-refractivity contribution < 1.29 is 0 Å². The highest BCUT2D eigenvalue weighted by Gasteiger charge is 2.32. The molecule has 6 nitrogen and oxygen atoms in total. The minimum absolute atomic E-state index is 0.188. The van der Waals surface area contributed by atoms with E-state index in [4.69, 9.17) is 21.6 Å². The molecule has 1 atom stereocenters. The molecule has 1 N–H and O–H groups in total. The fraction of sp³-hybridized carbons (Fsp3) is 0.438. The minimum atomic E-state index is 0.188. The fourth-order valence-corrected chi connectivity index (χ4v) is 3.16. The number of hydrazone groups is 1. The van der Waals surface area contributed by atoms with Gasteiger partial charge in [0.15, 0.2) is 11.7 Å². The number of amidine groups is 2. The summed E-state index contributed by atoms with van der Waals surface area (Å²) in [6, 6.07) is 5.90. The molecule has 1 unspecified atom stereocenters. The summed E-state index contributed by atoms with van der Waals surface area (Å²) in [7, 11) is 0. The van der Waals surface area contributed by atoms with E-state index in [1.54, 1.807) is 0 Å². The number of hydrogen-bond acceptors (Lipinski definition) is 6. The summed E-state index contributed by atoms with van der Waals surface area (Å²) in [5, 5.41) is 10.6. The molecular weight excluding hydrogens is 312 g/mol. The molecule has 4 rings (SSSR count). The minimum Gasteiger partial charge on any atom is -0.351 e. The lowest BCUT2D eigenvalue weighted by Gasteiger charge is -2.35. The number of nitrogens with one attached hydrogen (secondary N) is 1. The van der Waals surface area contributed by atoms with Gasteiger partial charge in [-0.25, -0.2) is 10.0 Å². The van der Waals surface area contributed by atoms with Crippen molar-refractivity contribution in [3.8, 4) is 0 Å². The van der Waals surface area contributed by atoms with Crippen LogP contribution >= 0.6 is 11.6 Å². The number of fused-ring (bicyclic) bond motifs is 3. The van der Waals surface area contributed by atoms with Crippen molar-refractivity contribution in [2.75, 3.05) is 31.2 Å². The third-order valence-electron chi connectivity index (χ3n) is 4.20. The molecule has 0 spiro atoms. The molecule has 1 aromatic rings. The van der Waals surface area contributed by atoms with E-state index in [0.29, 0.717) is 5.02 Å². The van der Waals surface area contributed by atoms with Crippen LogP contribution in [0.1, 0.15) is 13.3 Å². The van der Waals surface area contributed by atoms with Crippen molar-refractivity contribution in [2.45, 2.75) is 19.4 Å². The van der Waals surface area contributed by atoms with Gasteiger partial charge in [0.1, 0.15) is 0 Å². The topological polar surface area (TPSA) is 55.6 Å². The summed E-state index contributed by atoms with van der Waals surface area (Å²) in [6.45, 7) is 5.86. The highest BCUT2D eigenvalue weighted by atomic mass is 35.5. The first-order chi connectivity index (χ1) is 11.2. The molecular formula is C16H19ClN6. The first-order valence-corrected chi connectivity index (χ1v) is 8.35. The van der Waals surface area contributed by atoms with Gasteiger partial charge in [0.25, 0.3) is 0 Å². The third kappa shape index (κ3) is 2.72. The van der Waals surface area contributed by atoms with E-state index in [0.717, 1.165) is 55.6 Å². The summed E-state index contributed by atoms with van der Waals surface area (Å²) in [6.07, 6.45) is 2.75. The first-order valence-electron chi connectivity index (χ1n) is 7.97. The van der Waals surface area contributed by atoms with Crippen molar-refractivity contribution in [1.82, 2.24) is 10.2 Å². The zero-order chi connectivity index (χ0) is 15.8. The number of rotatable bonds is 0. The molecule has 3 aliphatic rings. The molecule has 1 fully saturated rings. The Hall–Kier alpha value is -1.92. The van der Waals surface area contributed by atoms with Gasteiger partial charge in [-0.1, -0.05) is 11.6 Å². The number of aliphatic imine (C=N–C) groups is 2. The Balaban J connectivity index is 1.85. The Labute approximate surface area is 140 Å². The number of piperazine rings is 1. The number of nitrogens with zero attached hydrogens (tertiary/aromatic N) is 5. The monoisotopic (exact) mass is 330 g/mol. The van der Waals surface area contributed by atoms with Gasteiger partial charge in [-0.2, -0.15) is 5.10 Å². The van der Waals surface area contributed by atoms with Crippen LogP contribution in [0, 0.1) is 0 Å². The van der Waals surface area contributed by atoms with E-state index in [1.807, 2.05) is 29.4 Å². The Bertz CT molecular complexity index is 705. The smallest absolute Gasteiger partial charge is 0.193 e. The van der Waals surface area contributed by atoms with Crippen LogP contribution < -0.4 is 10.3 Å². The Morgan fingerprint density at radius 2 is 2.04 bits per heavy atom. The second-order valence-electron chi connectivity index (χ2n) is 5.95. The molecule has 0 bridgehead atoms. The van der Waals surface area contributed by atoms with Crippen molar-refractivity contribution in [3.05, 3.63) is 23.2 Å². The van der Waals surface area contributed by atoms with E-state index in [9.17, 15) is 0 Å². The maximum atomic E-state index is 6.18. The van der Waals surface area contributed by atoms with Gasteiger partial charge in [-0.15, -0.1) is 0 Å². The maximum absolute atomic E-state index is 6.18. The Kier molecular flexibility index (Phi) is 3.79. The van der Waals surface area contributed by atoms with Gasteiger partial charge in [0, 0.05) is 43.8 Å². The quantitative estimate of drug-likeness (QED) is 0.794. The molecule has 0 saturated carbocycles. The molecule has 120 valence electrons. The SMILES string of the molecule is CC1CC=NN2C(=N1)C(N1CCNCC1)=Nc1ccc(Cl)cc12. The van der Waals surface area contributed by atoms with Gasteiger partial charge < -0.3 is 10.2 Å². The molecule has 3 heterocycles. The highest BCUT2D eigenvalue weighted by molar-refractivity contribution is 6.47. The molecule has 1 aromatic carbocycles. The summed E-state index contributed by atoms with van der Waals surface area (Å²) >= 11 is 6.18. The van der Waals surface area contributed by atoms with Crippen molar-refractivity contribution >= 4 is 40.9 Å². The number of benzene rings is 1. The molecule has 0 amide bonds. The normalized spacial score (nSPS) is 23.7. The Morgan fingerprint density at radius 3 is 2.87 bits per heavy atom. The number of anilines is 1. The van der Waals surface area contributed by atoms with Gasteiger partial charge in [0.2, 0.25) is 0 Å². The van der Waals surface area contributed by atoms with Crippen LogP contribution in [0.2, 0.25) is 5.02 Å². The van der Waals surface area contributed by atoms with Crippen molar-refractivity contribution in [1.29, 1.82) is 0 Å². The lowest BCUT2D eigenvalue weighted by atomic mass is 10.2. The van der Waals surface area contributed by atoms with E-state index < -0.39 is 0 Å². The molecule has 7 heteroatoms. The maximum Gasteiger partial charge on any atom is 0.193 e. The first kappa shape index (κ1) is 14.7. The largest absolute Gasteiger partial charge is 0.351 e. The molecule has 0 aliphatic carbocycles. The predicted octanol–water partition coefficient (Wildman–Crippen LogP) is 2.27. The van der Waals surface area contributed by atoms with Gasteiger partial charge in [0.05, 0.1) is 17.4 Å². The van der Waals surface area contributed by atoms with E-state index in [2.05, 4.69) is 22.2 Å². The fourth-order valence-electron chi connectivity index (χ4n) is 2.99. The summed E-state index contributed by atoms with van der Waals surface area (Å²) < 4.78 is 0. The van der Waals surface area contributed by atoms with E-state index in [1.165, 1.54) is 0 Å². The van der Waals surface area contributed by atoms with E-state index in [-0.39, 0.29) is 6.04 Å². The number of hydrogen-bond donors (Lipinski definition) is 1. The van der Waals surface area contributed by atoms with Crippen LogP contribution in [0.25, 0.3) is 0 Å². The van der Waals surface area contributed by atoms with Crippen molar-refractivity contribution in [2.24, 2.45) is 15.1 Å². The van der Waals surface area contributed by atoms with Gasteiger partial charge >= 0.3 is 0 Å². The molecule has 0 aromatic heterocycles. The average molecular weight is 331 g/mol. The van der Waals surface area contributed by atoms with Crippen molar-refractivity contribution in [3.63, 3.8) is 0 Å². The lowest BCUT2D eigenvalue weighted by molar-refractivity contribution is 0.360. The standard InChI is InChI=1S/C16H19ClN6/c1-11-4-5-19-23-14-10-12(17)2-3-13(14)21-15(16(23)20-11)22-8-6-18-7-9-22/h2-3,5,10-11,18H,4,6-9H2,1H3. The number of halogens is 1. The van der Waals surface area contributed by atoms with Crippen LogP contribution in [0.4, 0.5) is 11.4 Å². The third-order valence-corrected chi connectivity index (χ3v) is 4.43. The van der Waals surface area contributed by atoms with Crippen LogP contribution in [-0.2, 0) is 0 Å². The second-order valence-corrected chi connectivity index (χ2v) is 6.39. The summed E-state index contributed by atoms with van der Waals surface area (Å²) in [5.41, 5.74) is 1.77. The van der Waals surface area contributed by atoms with Crippen LogP contribution in [0.3, 0.4) is 0 Å². The summed E-state index contributed by atoms with van der Waals surface area (Å²) in [5.74, 6) is 1.73. The van der Waals surface area contributed by atoms with E-state index >= 15 is 0 Å². The Morgan fingerprint density at radius 1 is 1.22 bits per heavy atom. The van der Waals surface area contributed by atoms with Crippen LogP contribution in [-0.4, -0.2) is 55.0 Å². The molecule has 1 saturated heterocycles. The molecule has 0 radical (unpaired) electrons. The van der Waals surface area contributed by atoms with Crippen LogP contribution in [0.5, 0.6) is 0 Å². The summed E-state index contributed by atoms with van der Waals surface area (Å²) in [4.78, 5) is 12.0. The molecule has 23 heavy (non-hydrogen) atoms. The van der Waals surface area contributed by atoms with Gasteiger partial charge in [-0.05, 0) is 25.1 Å². The van der Waals surface area contributed by atoms with Crippen LogP contribution in [0.15, 0.2) is 33.3 Å². The average Bonchev–Trinajstić information content (AvgIpc) is 2.76. The highest BCUT2D eigenvalue weighted by Crippen LogP contribution is 2.36. The molecule has 3 aliphatic heterocycles. The zero-order valence-corrected chi connectivity index (χ0v) is 13.8. The van der Waals surface area contributed by atoms with Gasteiger partial charge in [-0.3, -0.25) is 4.99 Å².